The lowest BCUT2D eigenvalue weighted by Crippen LogP contribution is -2.56. The average Bonchev–Trinajstić information content (AvgIpc) is 2.74. The second-order valence-corrected chi connectivity index (χ2v) is 8.64. The number of amides is 1. The van der Waals surface area contributed by atoms with E-state index in [-0.39, 0.29) is 17.9 Å². The predicted molar refractivity (Wildman–Crippen MR) is 118 cm³/mol. The summed E-state index contributed by atoms with van der Waals surface area (Å²) in [6.07, 6.45) is 0. The van der Waals surface area contributed by atoms with Crippen molar-refractivity contribution < 1.29 is 9.53 Å². The largest absolute Gasteiger partial charge is 0.497 e. The number of carbonyl (C=O) groups excluding carboxylic acids is 1. The van der Waals surface area contributed by atoms with Gasteiger partial charge in [-0.15, -0.1) is 11.8 Å². The van der Waals surface area contributed by atoms with Crippen LogP contribution in [0.25, 0.3) is 0 Å². The van der Waals surface area contributed by atoms with Crippen LogP contribution in [0, 0.1) is 5.92 Å². The van der Waals surface area contributed by atoms with Gasteiger partial charge in [-0.25, -0.2) is 0 Å². The van der Waals surface area contributed by atoms with Crippen molar-refractivity contribution in [3.63, 3.8) is 0 Å². The lowest BCUT2D eigenvalue weighted by atomic mass is 9.83. The van der Waals surface area contributed by atoms with E-state index in [9.17, 15) is 4.79 Å². The van der Waals surface area contributed by atoms with E-state index in [2.05, 4.69) is 40.2 Å². The number of benzene rings is 3. The van der Waals surface area contributed by atoms with E-state index in [1.165, 1.54) is 10.5 Å². The number of hydrogen-bond donors (Lipinski definition) is 0. The summed E-state index contributed by atoms with van der Waals surface area (Å²) in [4.78, 5) is 16.1. The van der Waals surface area contributed by atoms with Gasteiger partial charge in [0.2, 0.25) is 5.91 Å². The molecule has 0 bridgehead atoms. The first-order valence-corrected chi connectivity index (χ1v) is 10.9. The van der Waals surface area contributed by atoms with Crippen molar-refractivity contribution in [1.29, 1.82) is 0 Å². The molecule has 1 saturated heterocycles. The normalized spacial score (nSPS) is 18.6. The Balaban J connectivity index is 1.57. The topological polar surface area (TPSA) is 29.5 Å². The van der Waals surface area contributed by atoms with E-state index in [0.29, 0.717) is 0 Å². The highest BCUT2D eigenvalue weighted by atomic mass is 79.9. The van der Waals surface area contributed by atoms with Gasteiger partial charge in [-0.05, 0) is 54.1 Å². The van der Waals surface area contributed by atoms with Crippen LogP contribution >= 0.6 is 27.7 Å². The highest BCUT2D eigenvalue weighted by Gasteiger charge is 2.48. The highest BCUT2D eigenvalue weighted by Crippen LogP contribution is 2.45. The Kier molecular flexibility index (Phi) is 5.74. The Hall–Kier alpha value is -2.24. The van der Waals surface area contributed by atoms with Gasteiger partial charge in [-0.1, -0.05) is 46.3 Å². The monoisotopic (exact) mass is 453 g/mol. The minimum Gasteiger partial charge on any atom is -0.497 e. The first-order chi connectivity index (χ1) is 13.7. The first-order valence-electron chi connectivity index (χ1n) is 9.08. The highest BCUT2D eigenvalue weighted by molar-refractivity contribution is 9.10. The van der Waals surface area contributed by atoms with Crippen LogP contribution in [0.4, 0.5) is 5.69 Å². The molecule has 0 aromatic heterocycles. The first kappa shape index (κ1) is 19.1. The van der Waals surface area contributed by atoms with Gasteiger partial charge in [0.05, 0.1) is 19.1 Å². The molecule has 3 nitrogen and oxygen atoms in total. The summed E-state index contributed by atoms with van der Waals surface area (Å²) < 4.78 is 6.31. The van der Waals surface area contributed by atoms with Crippen molar-refractivity contribution in [1.82, 2.24) is 0 Å². The number of carbonyl (C=O) groups is 1. The second kappa shape index (κ2) is 8.41. The van der Waals surface area contributed by atoms with Crippen molar-refractivity contribution >= 4 is 39.3 Å². The summed E-state index contributed by atoms with van der Waals surface area (Å²) in [6, 6.07) is 26.2. The quantitative estimate of drug-likeness (QED) is 0.340. The molecule has 5 heteroatoms. The van der Waals surface area contributed by atoms with Crippen LogP contribution in [0.15, 0.2) is 88.2 Å². The van der Waals surface area contributed by atoms with E-state index in [1.807, 2.05) is 59.5 Å². The number of methoxy groups -OCH3 is 1. The molecule has 0 aliphatic carbocycles. The van der Waals surface area contributed by atoms with Crippen molar-refractivity contribution in [2.75, 3.05) is 17.8 Å². The number of halogens is 1. The zero-order valence-corrected chi connectivity index (χ0v) is 17.8. The molecule has 0 spiro atoms. The Morgan fingerprint density at radius 3 is 2.29 bits per heavy atom. The molecule has 0 radical (unpaired) electrons. The summed E-state index contributed by atoms with van der Waals surface area (Å²) in [5, 5.41) is 0. The fourth-order valence-electron chi connectivity index (χ4n) is 3.49. The number of rotatable bonds is 6. The lowest BCUT2D eigenvalue weighted by molar-refractivity contribution is -0.129. The summed E-state index contributed by atoms with van der Waals surface area (Å²) in [5.41, 5.74) is 2.07. The number of nitrogens with zero attached hydrogens (tertiary/aromatic N) is 1. The molecule has 4 rings (SSSR count). The van der Waals surface area contributed by atoms with Crippen LogP contribution in [0.3, 0.4) is 0 Å². The lowest BCUT2D eigenvalue weighted by Gasteiger charge is -2.47. The van der Waals surface area contributed by atoms with E-state index < -0.39 is 0 Å². The van der Waals surface area contributed by atoms with E-state index >= 15 is 0 Å². The molecule has 1 fully saturated rings. The Bertz CT molecular complexity index is 945. The molecule has 1 aliphatic rings. The SMILES string of the molecule is COc1ccc(N2C(=O)[C@H](CSc3ccc(Br)cc3)[C@@H]2c2ccccc2)cc1. The van der Waals surface area contributed by atoms with E-state index in [1.54, 1.807) is 18.9 Å². The molecule has 0 unspecified atom stereocenters. The van der Waals surface area contributed by atoms with Crippen LogP contribution in [0.1, 0.15) is 11.6 Å². The average molecular weight is 454 g/mol. The fraction of sp³-hybridized carbons (Fsp3) is 0.174. The maximum atomic E-state index is 13.0. The van der Waals surface area contributed by atoms with Gasteiger partial charge in [0, 0.05) is 20.8 Å². The summed E-state index contributed by atoms with van der Waals surface area (Å²) in [5.74, 6) is 1.67. The van der Waals surface area contributed by atoms with Crippen molar-refractivity contribution in [3.05, 3.63) is 88.9 Å². The van der Waals surface area contributed by atoms with Gasteiger partial charge in [0.15, 0.2) is 0 Å². The number of β-lactam (4-membered cyclic amide) rings is 1. The molecular formula is C23H20BrNO2S. The Morgan fingerprint density at radius 1 is 0.964 bits per heavy atom. The number of anilines is 1. The minimum atomic E-state index is -0.0434. The zero-order chi connectivity index (χ0) is 19.5. The van der Waals surface area contributed by atoms with E-state index in [4.69, 9.17) is 4.74 Å². The maximum absolute atomic E-state index is 13.0. The van der Waals surface area contributed by atoms with Gasteiger partial charge < -0.3 is 9.64 Å². The second-order valence-electron chi connectivity index (χ2n) is 6.63. The summed E-state index contributed by atoms with van der Waals surface area (Å²) in [7, 11) is 1.64. The molecule has 1 amide bonds. The number of thioether (sulfide) groups is 1. The minimum absolute atomic E-state index is 0.0434. The third-order valence-electron chi connectivity index (χ3n) is 4.95. The van der Waals surface area contributed by atoms with E-state index in [0.717, 1.165) is 21.7 Å². The molecule has 28 heavy (non-hydrogen) atoms. The van der Waals surface area contributed by atoms with Crippen LogP contribution in [-0.2, 0) is 4.79 Å². The standard InChI is InChI=1S/C23H20BrNO2S/c1-27-19-11-9-18(10-12-19)25-22(16-5-3-2-4-6-16)21(23(25)26)15-28-20-13-7-17(24)8-14-20/h2-14,21-22H,15H2,1H3/t21-,22+/m1/s1. The molecule has 2 atom stereocenters. The molecular weight excluding hydrogens is 434 g/mol. The van der Waals surface area contributed by atoms with Gasteiger partial charge >= 0.3 is 0 Å². The smallest absolute Gasteiger partial charge is 0.233 e. The fourth-order valence-corrected chi connectivity index (χ4v) is 4.78. The van der Waals surface area contributed by atoms with Gasteiger partial charge in [0.1, 0.15) is 5.75 Å². The van der Waals surface area contributed by atoms with Crippen LogP contribution in [0.5, 0.6) is 5.75 Å². The van der Waals surface area contributed by atoms with Crippen molar-refractivity contribution in [2.45, 2.75) is 10.9 Å². The van der Waals surface area contributed by atoms with Gasteiger partial charge in [-0.2, -0.15) is 0 Å². The van der Waals surface area contributed by atoms with Crippen LogP contribution in [-0.4, -0.2) is 18.8 Å². The van der Waals surface area contributed by atoms with Crippen molar-refractivity contribution in [2.24, 2.45) is 5.92 Å². The predicted octanol–water partition coefficient (Wildman–Crippen LogP) is 5.95. The molecule has 0 saturated carbocycles. The number of ether oxygens (including phenoxy) is 1. The third-order valence-corrected chi connectivity index (χ3v) is 6.61. The van der Waals surface area contributed by atoms with Crippen LogP contribution in [0.2, 0.25) is 0 Å². The molecule has 1 aliphatic heterocycles. The summed E-state index contributed by atoms with van der Waals surface area (Å²) >= 11 is 5.20. The molecule has 3 aromatic carbocycles. The van der Waals surface area contributed by atoms with Crippen molar-refractivity contribution in [3.8, 4) is 5.75 Å². The van der Waals surface area contributed by atoms with Gasteiger partial charge in [-0.3, -0.25) is 4.79 Å². The molecule has 0 N–H and O–H groups in total. The third kappa shape index (κ3) is 3.82. The maximum Gasteiger partial charge on any atom is 0.233 e. The Labute approximate surface area is 177 Å². The Morgan fingerprint density at radius 2 is 1.64 bits per heavy atom. The van der Waals surface area contributed by atoms with Gasteiger partial charge in [0.25, 0.3) is 0 Å². The summed E-state index contributed by atoms with van der Waals surface area (Å²) in [6.45, 7) is 0. The zero-order valence-electron chi connectivity index (χ0n) is 15.4. The molecule has 1 heterocycles. The number of hydrogen-bond acceptors (Lipinski definition) is 3. The van der Waals surface area contributed by atoms with Crippen LogP contribution < -0.4 is 9.64 Å². The molecule has 142 valence electrons. The molecule has 3 aromatic rings.